The molecule has 0 aliphatic carbocycles. The standard InChI is InChI=1S/C19H21F2N3O5/c1-10-4-5-13(12(20)7-10)22-17-15(18(27)23-29-9-11(26)8-25)14-3-2-6-24(14)19(28)16(17)21/h4-5,7,11,22,25-26H,2-3,6,8-9H2,1H3,(H,23,27). The minimum absolute atomic E-state index is 0.0949. The lowest BCUT2D eigenvalue weighted by molar-refractivity contribution is -0.0295. The van der Waals surface area contributed by atoms with Crippen molar-refractivity contribution in [3.05, 3.63) is 57.0 Å². The van der Waals surface area contributed by atoms with Crippen LogP contribution < -0.4 is 16.4 Å². The molecule has 0 saturated carbocycles. The molecule has 0 bridgehead atoms. The van der Waals surface area contributed by atoms with Crippen molar-refractivity contribution in [3.63, 3.8) is 0 Å². The number of nitrogens with zero attached hydrogens (tertiary/aromatic N) is 1. The van der Waals surface area contributed by atoms with E-state index in [9.17, 15) is 23.5 Å². The van der Waals surface area contributed by atoms with E-state index in [2.05, 4.69) is 10.8 Å². The second kappa shape index (κ2) is 8.68. The molecule has 1 aromatic heterocycles. The number of pyridine rings is 1. The van der Waals surface area contributed by atoms with Gasteiger partial charge >= 0.3 is 0 Å². The minimum atomic E-state index is -1.21. The second-order valence-electron chi connectivity index (χ2n) is 6.76. The lowest BCUT2D eigenvalue weighted by Gasteiger charge is -2.18. The van der Waals surface area contributed by atoms with Gasteiger partial charge in [-0.05, 0) is 37.5 Å². The minimum Gasteiger partial charge on any atom is -0.394 e. The third-order valence-electron chi connectivity index (χ3n) is 4.57. The van der Waals surface area contributed by atoms with Crippen LogP contribution in [0.15, 0.2) is 23.0 Å². The molecule has 156 valence electrons. The van der Waals surface area contributed by atoms with Crippen LogP contribution in [-0.2, 0) is 17.8 Å². The van der Waals surface area contributed by atoms with Gasteiger partial charge < -0.3 is 20.1 Å². The van der Waals surface area contributed by atoms with Crippen LogP contribution in [0.4, 0.5) is 20.2 Å². The summed E-state index contributed by atoms with van der Waals surface area (Å²) in [5, 5.41) is 20.6. The monoisotopic (exact) mass is 409 g/mol. The Bertz CT molecular complexity index is 993. The van der Waals surface area contributed by atoms with E-state index in [0.717, 1.165) is 0 Å². The van der Waals surface area contributed by atoms with Gasteiger partial charge in [-0.25, -0.2) is 9.87 Å². The van der Waals surface area contributed by atoms with E-state index < -0.39 is 48.1 Å². The molecule has 0 spiro atoms. The summed E-state index contributed by atoms with van der Waals surface area (Å²) >= 11 is 0. The Labute approximate surface area is 164 Å². The number of nitrogens with one attached hydrogen (secondary N) is 2. The molecule has 1 aliphatic heterocycles. The molecule has 8 nitrogen and oxygen atoms in total. The second-order valence-corrected chi connectivity index (χ2v) is 6.76. The van der Waals surface area contributed by atoms with Crippen LogP contribution in [0.2, 0.25) is 0 Å². The molecule has 1 aromatic carbocycles. The Kier molecular flexibility index (Phi) is 6.26. The SMILES string of the molecule is Cc1ccc(Nc2c(C(=O)NOCC(O)CO)c3n(c(=O)c2F)CCC3)c(F)c1. The average Bonchev–Trinajstić information content (AvgIpc) is 3.17. The number of rotatable bonds is 7. The molecule has 10 heteroatoms. The van der Waals surface area contributed by atoms with Crippen LogP contribution >= 0.6 is 0 Å². The predicted octanol–water partition coefficient (Wildman–Crippen LogP) is 1.14. The van der Waals surface area contributed by atoms with Gasteiger partial charge in [-0.2, -0.15) is 4.39 Å². The zero-order chi connectivity index (χ0) is 21.1. The first-order valence-corrected chi connectivity index (χ1v) is 9.02. The van der Waals surface area contributed by atoms with Gasteiger partial charge in [0.15, 0.2) is 0 Å². The lowest BCUT2D eigenvalue weighted by Crippen LogP contribution is -2.34. The van der Waals surface area contributed by atoms with Gasteiger partial charge in [0.05, 0.1) is 23.5 Å². The highest BCUT2D eigenvalue weighted by Crippen LogP contribution is 2.30. The highest BCUT2D eigenvalue weighted by molar-refractivity contribution is 6.01. The van der Waals surface area contributed by atoms with Gasteiger partial charge in [0.25, 0.3) is 11.5 Å². The number of hydroxylamine groups is 1. The summed E-state index contributed by atoms with van der Waals surface area (Å²) in [6.45, 7) is 0.982. The maximum Gasteiger partial charge on any atom is 0.289 e. The van der Waals surface area contributed by atoms with Crippen molar-refractivity contribution in [2.75, 3.05) is 18.5 Å². The fourth-order valence-electron chi connectivity index (χ4n) is 3.16. The van der Waals surface area contributed by atoms with Gasteiger partial charge in [-0.3, -0.25) is 14.4 Å². The molecule has 1 amide bonds. The number of hydrogen-bond donors (Lipinski definition) is 4. The summed E-state index contributed by atoms with van der Waals surface area (Å²) in [5.41, 5.74) is 1.39. The Morgan fingerprint density at radius 1 is 1.38 bits per heavy atom. The summed E-state index contributed by atoms with van der Waals surface area (Å²) < 4.78 is 30.3. The van der Waals surface area contributed by atoms with Crippen molar-refractivity contribution in [2.24, 2.45) is 0 Å². The number of aliphatic hydroxyl groups is 2. The van der Waals surface area contributed by atoms with E-state index in [1.807, 2.05) is 0 Å². The van der Waals surface area contributed by atoms with Crippen LogP contribution in [0.5, 0.6) is 0 Å². The van der Waals surface area contributed by atoms with E-state index in [0.29, 0.717) is 24.1 Å². The molecule has 29 heavy (non-hydrogen) atoms. The van der Waals surface area contributed by atoms with Crippen molar-refractivity contribution in [3.8, 4) is 0 Å². The van der Waals surface area contributed by atoms with Crippen LogP contribution in [0, 0.1) is 18.6 Å². The van der Waals surface area contributed by atoms with E-state index in [1.165, 1.54) is 16.7 Å². The third-order valence-corrected chi connectivity index (χ3v) is 4.57. The predicted molar refractivity (Wildman–Crippen MR) is 99.9 cm³/mol. The van der Waals surface area contributed by atoms with E-state index in [1.54, 1.807) is 13.0 Å². The van der Waals surface area contributed by atoms with Gasteiger partial charge in [0, 0.05) is 12.2 Å². The highest BCUT2D eigenvalue weighted by Gasteiger charge is 2.29. The number of carbonyl (C=O) groups is 1. The summed E-state index contributed by atoms with van der Waals surface area (Å²) in [6, 6.07) is 4.22. The van der Waals surface area contributed by atoms with E-state index in [4.69, 9.17) is 9.94 Å². The zero-order valence-corrected chi connectivity index (χ0v) is 15.7. The first-order valence-electron chi connectivity index (χ1n) is 9.02. The van der Waals surface area contributed by atoms with Gasteiger partial charge in [-0.15, -0.1) is 0 Å². The van der Waals surface area contributed by atoms with Gasteiger partial charge in [0.1, 0.15) is 18.5 Å². The first-order chi connectivity index (χ1) is 13.8. The van der Waals surface area contributed by atoms with Crippen LogP contribution in [0.1, 0.15) is 28.0 Å². The van der Waals surface area contributed by atoms with Crippen molar-refractivity contribution in [1.82, 2.24) is 10.0 Å². The van der Waals surface area contributed by atoms with Crippen molar-refractivity contribution >= 4 is 17.3 Å². The lowest BCUT2D eigenvalue weighted by atomic mass is 10.1. The molecule has 1 atom stereocenters. The number of aromatic nitrogens is 1. The molecule has 4 N–H and O–H groups in total. The van der Waals surface area contributed by atoms with Gasteiger partial charge in [0.2, 0.25) is 5.82 Å². The number of aryl methyl sites for hydroxylation is 1. The number of fused-ring (bicyclic) bond motifs is 1. The summed E-state index contributed by atoms with van der Waals surface area (Å²) in [5.74, 6) is -2.75. The topological polar surface area (TPSA) is 113 Å². The van der Waals surface area contributed by atoms with Crippen LogP contribution in [0.25, 0.3) is 0 Å². The molecule has 0 saturated heterocycles. The number of anilines is 2. The number of aliphatic hydroxyl groups excluding tert-OH is 2. The average molecular weight is 409 g/mol. The summed E-state index contributed by atoms with van der Waals surface area (Å²) in [4.78, 5) is 29.9. The van der Waals surface area contributed by atoms with E-state index in [-0.39, 0.29) is 17.8 Å². The Morgan fingerprint density at radius 2 is 2.14 bits per heavy atom. The molecule has 1 aliphatic rings. The van der Waals surface area contributed by atoms with Crippen LogP contribution in [0.3, 0.4) is 0 Å². The quantitative estimate of drug-likeness (QED) is 0.510. The molecular formula is C19H21F2N3O5. The number of hydrogen-bond acceptors (Lipinski definition) is 6. The van der Waals surface area contributed by atoms with Crippen molar-refractivity contribution in [2.45, 2.75) is 32.4 Å². The molecule has 1 unspecified atom stereocenters. The molecular weight excluding hydrogens is 388 g/mol. The first kappa shape index (κ1) is 20.9. The third kappa shape index (κ3) is 4.29. The Balaban J connectivity index is 2.01. The Morgan fingerprint density at radius 3 is 2.83 bits per heavy atom. The zero-order valence-electron chi connectivity index (χ0n) is 15.7. The smallest absolute Gasteiger partial charge is 0.289 e. The fourth-order valence-corrected chi connectivity index (χ4v) is 3.16. The summed E-state index contributed by atoms with van der Waals surface area (Å²) in [6.07, 6.45) is -0.320. The Hall–Kier alpha value is -2.82. The maximum absolute atomic E-state index is 14.9. The largest absolute Gasteiger partial charge is 0.394 e. The van der Waals surface area contributed by atoms with E-state index >= 15 is 0 Å². The normalized spacial score (nSPS) is 13.8. The van der Waals surface area contributed by atoms with Crippen LogP contribution in [-0.4, -0.2) is 40.0 Å². The molecule has 0 fully saturated rings. The number of benzene rings is 1. The molecule has 3 rings (SSSR count). The number of carbonyl (C=O) groups excluding carboxylic acids is 1. The van der Waals surface area contributed by atoms with Crippen molar-refractivity contribution < 1.29 is 28.6 Å². The van der Waals surface area contributed by atoms with Crippen molar-refractivity contribution in [1.29, 1.82) is 0 Å². The summed E-state index contributed by atoms with van der Waals surface area (Å²) in [7, 11) is 0. The number of amides is 1. The molecule has 2 heterocycles. The molecule has 0 radical (unpaired) electrons. The van der Waals surface area contributed by atoms with Gasteiger partial charge in [-0.1, -0.05) is 6.07 Å². The molecule has 2 aromatic rings. The number of halogens is 2. The maximum atomic E-state index is 14.9. The highest BCUT2D eigenvalue weighted by atomic mass is 19.1. The fraction of sp³-hybridized carbons (Fsp3) is 0.368.